The first-order valence-corrected chi connectivity index (χ1v) is 9.80. The highest BCUT2D eigenvalue weighted by molar-refractivity contribution is 5.90. The first kappa shape index (κ1) is 24.4. The number of carbonyl (C=O) groups is 4. The van der Waals surface area contributed by atoms with Crippen LogP contribution in [0.4, 0.5) is 4.79 Å². The van der Waals surface area contributed by atoms with Gasteiger partial charge in [-0.15, -0.1) is 0 Å². The van der Waals surface area contributed by atoms with Crippen molar-refractivity contribution < 1.29 is 33.8 Å². The van der Waals surface area contributed by atoms with Crippen molar-refractivity contribution in [1.82, 2.24) is 16.0 Å². The third-order valence-corrected chi connectivity index (χ3v) is 4.10. The highest BCUT2D eigenvalue weighted by atomic mass is 16.5. The predicted octanol–water partition coefficient (Wildman–Crippen LogP) is 0.250. The molecule has 0 saturated carbocycles. The number of ether oxygens (including phenoxy) is 2. The van der Waals surface area contributed by atoms with E-state index in [0.717, 1.165) is 11.1 Å². The minimum atomic E-state index is -1.30. The van der Waals surface area contributed by atoms with Gasteiger partial charge in [-0.25, -0.2) is 4.79 Å². The van der Waals surface area contributed by atoms with Gasteiger partial charge in [-0.2, -0.15) is 0 Å². The van der Waals surface area contributed by atoms with Gasteiger partial charge in [0.1, 0.15) is 25.8 Å². The summed E-state index contributed by atoms with van der Waals surface area (Å²) in [7, 11) is 0. The van der Waals surface area contributed by atoms with Crippen molar-refractivity contribution in [3.63, 3.8) is 0 Å². The van der Waals surface area contributed by atoms with Crippen molar-refractivity contribution >= 4 is 23.9 Å². The van der Waals surface area contributed by atoms with Crippen LogP contribution in [0.5, 0.6) is 0 Å². The van der Waals surface area contributed by atoms with E-state index in [9.17, 15) is 24.3 Å². The van der Waals surface area contributed by atoms with E-state index in [-0.39, 0.29) is 19.8 Å². The van der Waals surface area contributed by atoms with Gasteiger partial charge in [0.2, 0.25) is 11.8 Å². The molecule has 0 aliphatic heterocycles. The summed E-state index contributed by atoms with van der Waals surface area (Å²) in [6.45, 7) is -1.44. The van der Waals surface area contributed by atoms with Crippen molar-refractivity contribution in [3.8, 4) is 0 Å². The van der Waals surface area contributed by atoms with Crippen LogP contribution in [0.15, 0.2) is 60.7 Å². The molecule has 0 bridgehead atoms. The normalized spacial score (nSPS) is 11.0. The number of aliphatic hydroxyl groups is 1. The molecule has 2 rings (SSSR count). The molecule has 0 heterocycles. The third-order valence-electron chi connectivity index (χ3n) is 4.10. The quantitative estimate of drug-likeness (QED) is 0.365. The van der Waals surface area contributed by atoms with Gasteiger partial charge in [0.05, 0.1) is 13.2 Å². The monoisotopic (exact) mass is 443 g/mol. The maximum absolute atomic E-state index is 12.1. The van der Waals surface area contributed by atoms with Crippen molar-refractivity contribution in [3.05, 3.63) is 71.8 Å². The Morgan fingerprint density at radius 2 is 1.34 bits per heavy atom. The zero-order valence-electron chi connectivity index (χ0n) is 17.3. The topological polar surface area (TPSA) is 143 Å². The van der Waals surface area contributed by atoms with Gasteiger partial charge < -0.3 is 30.5 Å². The van der Waals surface area contributed by atoms with Gasteiger partial charge in [0.15, 0.2) is 0 Å². The molecule has 2 aromatic rings. The molecule has 1 atom stereocenters. The molecule has 4 N–H and O–H groups in total. The van der Waals surface area contributed by atoms with E-state index in [2.05, 4.69) is 16.0 Å². The largest absolute Gasteiger partial charge is 0.460 e. The molecule has 0 fully saturated rings. The van der Waals surface area contributed by atoms with Crippen molar-refractivity contribution in [2.24, 2.45) is 0 Å². The number of amides is 3. The lowest BCUT2D eigenvalue weighted by atomic mass is 10.2. The summed E-state index contributed by atoms with van der Waals surface area (Å²) in [5.41, 5.74) is 1.57. The smallest absolute Gasteiger partial charge is 0.408 e. The van der Waals surface area contributed by atoms with Gasteiger partial charge in [-0.1, -0.05) is 60.7 Å². The lowest BCUT2D eigenvalue weighted by molar-refractivity contribution is -0.145. The first-order chi connectivity index (χ1) is 15.5. The zero-order chi connectivity index (χ0) is 23.2. The first-order valence-electron chi connectivity index (χ1n) is 9.80. The van der Waals surface area contributed by atoms with E-state index >= 15 is 0 Å². The summed E-state index contributed by atoms with van der Waals surface area (Å²) in [5, 5.41) is 16.1. The second-order valence-corrected chi connectivity index (χ2v) is 6.58. The molecule has 1 unspecified atom stereocenters. The zero-order valence-corrected chi connectivity index (χ0v) is 17.3. The fourth-order valence-corrected chi connectivity index (χ4v) is 2.41. The van der Waals surface area contributed by atoms with E-state index in [1.807, 2.05) is 24.3 Å². The molecule has 0 aliphatic carbocycles. The Kier molecular flexibility index (Phi) is 10.2. The third kappa shape index (κ3) is 9.26. The van der Waals surface area contributed by atoms with E-state index in [0.29, 0.717) is 0 Å². The van der Waals surface area contributed by atoms with Gasteiger partial charge in [-0.05, 0) is 11.1 Å². The van der Waals surface area contributed by atoms with Crippen molar-refractivity contribution in [2.45, 2.75) is 19.3 Å². The average molecular weight is 443 g/mol. The molecule has 170 valence electrons. The van der Waals surface area contributed by atoms with Crippen LogP contribution in [0.25, 0.3) is 0 Å². The van der Waals surface area contributed by atoms with Crippen LogP contribution in [0.2, 0.25) is 0 Å². The minimum absolute atomic E-state index is 0.00474. The highest BCUT2D eigenvalue weighted by Crippen LogP contribution is 2.01. The Labute approximate surface area is 184 Å². The number of hydrogen-bond acceptors (Lipinski definition) is 7. The molecule has 10 nitrogen and oxygen atoms in total. The molecule has 32 heavy (non-hydrogen) atoms. The second kappa shape index (κ2) is 13.4. The molecular formula is C22H25N3O7. The van der Waals surface area contributed by atoms with E-state index in [1.54, 1.807) is 36.4 Å². The van der Waals surface area contributed by atoms with Gasteiger partial charge in [0, 0.05) is 0 Å². The van der Waals surface area contributed by atoms with Gasteiger partial charge in [0.25, 0.3) is 0 Å². The average Bonchev–Trinajstić information content (AvgIpc) is 2.83. The number of benzene rings is 2. The van der Waals surface area contributed by atoms with Crippen LogP contribution < -0.4 is 16.0 Å². The standard InChI is InChI=1S/C22H25N3O7/c26-13-18(25-22(30)32-15-17-9-5-2-6-10-17)21(29)24-11-19(27)23-12-20(28)31-14-16-7-3-1-4-8-16/h1-10,18,26H,11-15H2,(H,23,27)(H,24,29)(H,25,30). The fraction of sp³-hybridized carbons (Fsp3) is 0.273. The molecule has 0 saturated heterocycles. The minimum Gasteiger partial charge on any atom is -0.460 e. The Morgan fingerprint density at radius 3 is 1.91 bits per heavy atom. The van der Waals surface area contributed by atoms with Crippen molar-refractivity contribution in [2.75, 3.05) is 19.7 Å². The molecule has 0 radical (unpaired) electrons. The number of rotatable bonds is 11. The van der Waals surface area contributed by atoms with Crippen molar-refractivity contribution in [1.29, 1.82) is 0 Å². The maximum atomic E-state index is 12.1. The molecular weight excluding hydrogens is 418 g/mol. The summed E-state index contributed by atoms with van der Waals surface area (Å²) in [5.74, 6) is -2.06. The summed E-state index contributed by atoms with van der Waals surface area (Å²) in [6.07, 6.45) is -0.895. The van der Waals surface area contributed by atoms with Crippen LogP contribution in [0, 0.1) is 0 Å². The van der Waals surface area contributed by atoms with E-state index < -0.39 is 43.1 Å². The highest BCUT2D eigenvalue weighted by Gasteiger charge is 2.21. The predicted molar refractivity (Wildman–Crippen MR) is 113 cm³/mol. The number of aliphatic hydroxyl groups excluding tert-OH is 1. The summed E-state index contributed by atoms with van der Waals surface area (Å²) in [6, 6.07) is 16.7. The summed E-state index contributed by atoms with van der Waals surface area (Å²) >= 11 is 0. The van der Waals surface area contributed by atoms with Crippen LogP contribution in [-0.2, 0) is 37.1 Å². The lowest BCUT2D eigenvalue weighted by Gasteiger charge is -2.16. The van der Waals surface area contributed by atoms with Crippen LogP contribution >= 0.6 is 0 Å². The molecule has 2 aromatic carbocycles. The summed E-state index contributed by atoms with van der Waals surface area (Å²) in [4.78, 5) is 47.4. The van der Waals surface area contributed by atoms with Gasteiger partial charge in [-0.3, -0.25) is 14.4 Å². The van der Waals surface area contributed by atoms with E-state index in [4.69, 9.17) is 9.47 Å². The summed E-state index contributed by atoms with van der Waals surface area (Å²) < 4.78 is 10.0. The number of nitrogens with one attached hydrogen (secondary N) is 3. The van der Waals surface area contributed by atoms with Gasteiger partial charge >= 0.3 is 12.1 Å². The van der Waals surface area contributed by atoms with Crippen LogP contribution in [0.1, 0.15) is 11.1 Å². The Balaban J connectivity index is 1.64. The van der Waals surface area contributed by atoms with E-state index in [1.165, 1.54) is 0 Å². The molecule has 3 amide bonds. The molecule has 10 heteroatoms. The maximum Gasteiger partial charge on any atom is 0.408 e. The van der Waals surface area contributed by atoms with Crippen LogP contribution in [0.3, 0.4) is 0 Å². The second-order valence-electron chi connectivity index (χ2n) is 6.58. The SMILES string of the molecule is O=C(CNC(=O)C(CO)NC(=O)OCc1ccccc1)NCC(=O)OCc1ccccc1. The lowest BCUT2D eigenvalue weighted by Crippen LogP contribution is -2.51. The Bertz CT molecular complexity index is 891. The number of esters is 1. The molecule has 0 spiro atoms. The number of carbonyl (C=O) groups excluding carboxylic acids is 4. The number of alkyl carbamates (subject to hydrolysis) is 1. The molecule has 0 aromatic heterocycles. The fourth-order valence-electron chi connectivity index (χ4n) is 2.41. The van der Waals surface area contributed by atoms with Crippen LogP contribution in [-0.4, -0.2) is 54.7 Å². The Hall–Kier alpha value is -3.92. The Morgan fingerprint density at radius 1 is 0.781 bits per heavy atom. The molecule has 0 aliphatic rings. The number of hydrogen-bond donors (Lipinski definition) is 4.